The molecule has 2 rings (SSSR count). The van der Waals surface area contributed by atoms with Crippen LogP contribution in [-0.2, 0) is 0 Å². The Kier molecular flexibility index (Phi) is 5.31. The van der Waals surface area contributed by atoms with Crippen LogP contribution in [0, 0.1) is 0 Å². The highest BCUT2D eigenvalue weighted by Crippen LogP contribution is 2.44. The Morgan fingerprint density at radius 2 is 1.71 bits per heavy atom. The standard InChI is InChI=1S/C18H18O6/c1-22-15-10-14(21)16(18(24-3)17(15)23-2)13(20)8-7-11-5-4-6-12(19)9-11/h4-10,19,21H,1-3H3/b8-7+. The first-order chi connectivity index (χ1) is 11.5. The number of ketones is 1. The summed E-state index contributed by atoms with van der Waals surface area (Å²) in [7, 11) is 4.20. The molecule has 0 fully saturated rings. The van der Waals surface area contributed by atoms with Gasteiger partial charge in [-0.15, -0.1) is 0 Å². The van der Waals surface area contributed by atoms with Crippen LogP contribution in [0.4, 0.5) is 0 Å². The fraction of sp³-hybridized carbons (Fsp3) is 0.167. The van der Waals surface area contributed by atoms with E-state index in [4.69, 9.17) is 14.2 Å². The largest absolute Gasteiger partial charge is 0.508 e. The third-order valence-corrected chi connectivity index (χ3v) is 3.35. The SMILES string of the molecule is COc1cc(O)c(C(=O)/C=C/c2cccc(O)c2)c(OC)c1OC. The maximum atomic E-state index is 12.5. The molecule has 0 saturated heterocycles. The average molecular weight is 330 g/mol. The van der Waals surface area contributed by atoms with Gasteiger partial charge in [-0.3, -0.25) is 4.79 Å². The fourth-order valence-corrected chi connectivity index (χ4v) is 2.27. The summed E-state index contributed by atoms with van der Waals surface area (Å²) in [5.74, 6) is -0.118. The molecule has 126 valence electrons. The molecule has 24 heavy (non-hydrogen) atoms. The molecule has 6 nitrogen and oxygen atoms in total. The predicted molar refractivity (Wildman–Crippen MR) is 89.2 cm³/mol. The van der Waals surface area contributed by atoms with E-state index in [0.29, 0.717) is 5.56 Å². The summed E-state index contributed by atoms with van der Waals surface area (Å²) >= 11 is 0. The molecule has 2 N–H and O–H groups in total. The smallest absolute Gasteiger partial charge is 0.204 e. The monoisotopic (exact) mass is 330 g/mol. The van der Waals surface area contributed by atoms with Crippen molar-refractivity contribution in [1.29, 1.82) is 0 Å². The highest BCUT2D eigenvalue weighted by molar-refractivity contribution is 6.11. The zero-order chi connectivity index (χ0) is 17.7. The van der Waals surface area contributed by atoms with Gasteiger partial charge in [0.1, 0.15) is 17.1 Å². The van der Waals surface area contributed by atoms with E-state index in [-0.39, 0.29) is 34.3 Å². The minimum absolute atomic E-state index is 0.0356. The van der Waals surface area contributed by atoms with E-state index in [1.54, 1.807) is 12.1 Å². The van der Waals surface area contributed by atoms with Gasteiger partial charge in [0.2, 0.25) is 5.75 Å². The topological polar surface area (TPSA) is 85.2 Å². The lowest BCUT2D eigenvalue weighted by Gasteiger charge is -2.15. The van der Waals surface area contributed by atoms with Crippen LogP contribution in [0.25, 0.3) is 6.08 Å². The van der Waals surface area contributed by atoms with Crippen molar-refractivity contribution in [1.82, 2.24) is 0 Å². The van der Waals surface area contributed by atoms with Crippen LogP contribution < -0.4 is 14.2 Å². The second-order valence-electron chi connectivity index (χ2n) is 4.83. The van der Waals surface area contributed by atoms with Gasteiger partial charge in [0.25, 0.3) is 0 Å². The van der Waals surface area contributed by atoms with Crippen molar-refractivity contribution >= 4 is 11.9 Å². The fourth-order valence-electron chi connectivity index (χ4n) is 2.27. The predicted octanol–water partition coefficient (Wildman–Crippen LogP) is 3.02. The number of ether oxygens (including phenoxy) is 3. The second kappa shape index (κ2) is 7.41. The summed E-state index contributed by atoms with van der Waals surface area (Å²) in [6.45, 7) is 0. The molecule has 0 spiro atoms. The van der Waals surface area contributed by atoms with Gasteiger partial charge in [-0.2, -0.15) is 0 Å². The average Bonchev–Trinajstić information content (AvgIpc) is 2.58. The van der Waals surface area contributed by atoms with Crippen LogP contribution in [0.5, 0.6) is 28.7 Å². The Labute approximate surface area is 139 Å². The van der Waals surface area contributed by atoms with Crippen LogP contribution in [0.3, 0.4) is 0 Å². The maximum absolute atomic E-state index is 12.5. The first-order valence-electron chi connectivity index (χ1n) is 7.05. The van der Waals surface area contributed by atoms with Crippen molar-refractivity contribution in [2.75, 3.05) is 21.3 Å². The molecule has 0 amide bonds. The van der Waals surface area contributed by atoms with E-state index in [2.05, 4.69) is 0 Å². The summed E-state index contributed by atoms with van der Waals surface area (Å²) in [6, 6.07) is 7.72. The minimum atomic E-state index is -0.478. The van der Waals surface area contributed by atoms with Crippen molar-refractivity contribution in [2.24, 2.45) is 0 Å². The van der Waals surface area contributed by atoms with E-state index in [1.807, 2.05) is 0 Å². The first kappa shape index (κ1) is 17.2. The number of phenols is 2. The molecule has 0 unspecified atom stereocenters. The number of carbonyl (C=O) groups is 1. The Balaban J connectivity index is 2.45. The number of phenolic OH excluding ortho intramolecular Hbond substituents is 2. The number of hydrogen-bond donors (Lipinski definition) is 2. The van der Waals surface area contributed by atoms with Crippen LogP contribution in [0.2, 0.25) is 0 Å². The quantitative estimate of drug-likeness (QED) is 0.625. The van der Waals surface area contributed by atoms with Gasteiger partial charge in [0.05, 0.1) is 21.3 Å². The normalized spacial score (nSPS) is 10.6. The van der Waals surface area contributed by atoms with Crippen molar-refractivity contribution < 1.29 is 29.2 Å². The lowest BCUT2D eigenvalue weighted by molar-refractivity contribution is 0.104. The molecule has 0 atom stereocenters. The van der Waals surface area contributed by atoms with Gasteiger partial charge in [-0.1, -0.05) is 18.2 Å². The molecule has 0 saturated carbocycles. The van der Waals surface area contributed by atoms with Crippen LogP contribution >= 0.6 is 0 Å². The third-order valence-electron chi connectivity index (χ3n) is 3.35. The molecule has 0 aliphatic rings. The van der Waals surface area contributed by atoms with Crippen LogP contribution in [0.15, 0.2) is 36.4 Å². The lowest BCUT2D eigenvalue weighted by Crippen LogP contribution is -2.03. The molecule has 2 aromatic carbocycles. The Hall–Kier alpha value is -3.15. The molecular formula is C18H18O6. The molecule has 0 aromatic heterocycles. The summed E-state index contributed by atoms with van der Waals surface area (Å²) in [5.41, 5.74) is 0.605. The number of methoxy groups -OCH3 is 3. The maximum Gasteiger partial charge on any atom is 0.204 e. The van der Waals surface area contributed by atoms with Crippen molar-refractivity contribution in [3.05, 3.63) is 47.5 Å². The number of carbonyl (C=O) groups excluding carboxylic acids is 1. The molecule has 0 aliphatic heterocycles. The van der Waals surface area contributed by atoms with Crippen LogP contribution in [0.1, 0.15) is 15.9 Å². The zero-order valence-corrected chi connectivity index (χ0v) is 13.6. The number of hydrogen-bond acceptors (Lipinski definition) is 6. The van der Waals surface area contributed by atoms with Gasteiger partial charge in [0, 0.05) is 6.07 Å². The van der Waals surface area contributed by atoms with Gasteiger partial charge < -0.3 is 24.4 Å². The summed E-state index contributed by atoms with van der Waals surface area (Å²) in [4.78, 5) is 12.5. The number of rotatable bonds is 6. The van der Waals surface area contributed by atoms with Crippen LogP contribution in [-0.4, -0.2) is 37.3 Å². The highest BCUT2D eigenvalue weighted by atomic mass is 16.5. The number of aromatic hydroxyl groups is 2. The van der Waals surface area contributed by atoms with Gasteiger partial charge in [-0.25, -0.2) is 0 Å². The first-order valence-corrected chi connectivity index (χ1v) is 7.05. The zero-order valence-electron chi connectivity index (χ0n) is 13.6. The molecule has 0 radical (unpaired) electrons. The molecular weight excluding hydrogens is 312 g/mol. The molecule has 0 bridgehead atoms. The Morgan fingerprint density at radius 3 is 2.29 bits per heavy atom. The summed E-state index contributed by atoms with van der Waals surface area (Å²) in [5, 5.41) is 19.6. The highest BCUT2D eigenvalue weighted by Gasteiger charge is 2.24. The van der Waals surface area contributed by atoms with E-state index >= 15 is 0 Å². The Bertz CT molecular complexity index is 779. The summed E-state index contributed by atoms with van der Waals surface area (Å²) in [6.07, 6.45) is 2.80. The van der Waals surface area contributed by atoms with Gasteiger partial charge >= 0.3 is 0 Å². The summed E-state index contributed by atoms with van der Waals surface area (Å²) < 4.78 is 15.6. The number of benzene rings is 2. The van der Waals surface area contributed by atoms with E-state index in [0.717, 1.165) is 0 Å². The van der Waals surface area contributed by atoms with Gasteiger partial charge in [-0.05, 0) is 23.8 Å². The van der Waals surface area contributed by atoms with Gasteiger partial charge in [0.15, 0.2) is 17.3 Å². The van der Waals surface area contributed by atoms with E-state index in [1.165, 1.54) is 51.7 Å². The number of allylic oxidation sites excluding steroid dienone is 1. The second-order valence-corrected chi connectivity index (χ2v) is 4.83. The molecule has 0 heterocycles. The van der Waals surface area contributed by atoms with E-state index in [9.17, 15) is 15.0 Å². The van der Waals surface area contributed by atoms with Crippen molar-refractivity contribution in [3.8, 4) is 28.7 Å². The van der Waals surface area contributed by atoms with E-state index < -0.39 is 5.78 Å². The Morgan fingerprint density at radius 1 is 1.00 bits per heavy atom. The lowest BCUT2D eigenvalue weighted by atomic mass is 10.0. The molecule has 6 heteroatoms. The minimum Gasteiger partial charge on any atom is -0.508 e. The molecule has 2 aromatic rings. The molecule has 0 aliphatic carbocycles. The van der Waals surface area contributed by atoms with Crippen molar-refractivity contribution in [3.63, 3.8) is 0 Å². The third kappa shape index (κ3) is 3.43. The van der Waals surface area contributed by atoms with Crippen molar-refractivity contribution in [2.45, 2.75) is 0 Å².